The van der Waals surface area contributed by atoms with E-state index in [1.54, 1.807) is 0 Å². The second-order valence-electron chi connectivity index (χ2n) is 8.12. The van der Waals surface area contributed by atoms with E-state index in [1.165, 1.54) is 11.1 Å². The number of halogens is 2. The molecule has 0 saturated carbocycles. The lowest BCUT2D eigenvalue weighted by Crippen LogP contribution is -2.48. The molecule has 0 N–H and O–H groups in total. The van der Waals surface area contributed by atoms with Crippen molar-refractivity contribution in [1.82, 2.24) is 4.90 Å². The van der Waals surface area contributed by atoms with Gasteiger partial charge < -0.3 is 4.74 Å². The Kier molecular flexibility index (Phi) is 5.28. The van der Waals surface area contributed by atoms with E-state index >= 15 is 0 Å². The third-order valence-electron chi connectivity index (χ3n) is 6.44. The average molecular weight is 404 g/mol. The minimum atomic E-state index is -0.367. The summed E-state index contributed by atoms with van der Waals surface area (Å²) in [6, 6.07) is 17.1. The van der Waals surface area contributed by atoms with Gasteiger partial charge in [0.25, 0.3) is 0 Å². The fourth-order valence-electron chi connectivity index (χ4n) is 5.05. The first-order valence-corrected chi connectivity index (χ1v) is 10.7. The Morgan fingerprint density at radius 3 is 2.48 bits per heavy atom. The number of nitrogens with zero attached hydrogens (tertiary/aromatic N) is 1. The van der Waals surface area contributed by atoms with Gasteiger partial charge in [0.2, 0.25) is 0 Å². The molecule has 2 saturated heterocycles. The molecule has 2 aliphatic heterocycles. The molecule has 0 amide bonds. The Morgan fingerprint density at radius 2 is 1.81 bits per heavy atom. The van der Waals surface area contributed by atoms with E-state index in [-0.39, 0.29) is 11.8 Å². The van der Waals surface area contributed by atoms with Gasteiger partial charge in [-0.25, -0.2) is 0 Å². The predicted octanol–water partition coefficient (Wildman–Crippen LogP) is 6.82. The van der Waals surface area contributed by atoms with Crippen LogP contribution in [-0.4, -0.2) is 17.2 Å². The normalized spacial score (nSPS) is 33.8. The topological polar surface area (TPSA) is 12.5 Å². The van der Waals surface area contributed by atoms with Gasteiger partial charge in [-0.3, -0.25) is 4.90 Å². The lowest BCUT2D eigenvalue weighted by Gasteiger charge is -2.43. The smallest absolute Gasteiger partial charge is 0.115 e. The van der Waals surface area contributed by atoms with Crippen LogP contribution in [0.25, 0.3) is 0 Å². The van der Waals surface area contributed by atoms with E-state index in [2.05, 4.69) is 49.9 Å². The molecule has 2 aromatic rings. The molecule has 0 aromatic heterocycles. The molecule has 0 radical (unpaired) electrons. The molecule has 0 aliphatic carbocycles. The number of piperidine rings is 1. The number of fused-ring (bicyclic) bond motifs is 1. The van der Waals surface area contributed by atoms with Crippen molar-refractivity contribution >= 4 is 23.2 Å². The van der Waals surface area contributed by atoms with Gasteiger partial charge in [0.15, 0.2) is 0 Å². The summed E-state index contributed by atoms with van der Waals surface area (Å²) in [5.74, 6) is 0.503. The number of ether oxygens (including phenoxy) is 1. The van der Waals surface area contributed by atoms with Crippen LogP contribution in [0, 0.1) is 5.92 Å². The van der Waals surface area contributed by atoms with Crippen LogP contribution < -0.4 is 0 Å². The van der Waals surface area contributed by atoms with E-state index in [4.69, 9.17) is 27.9 Å². The molecule has 4 heteroatoms. The standard InChI is InChI=1S/C23H27Cl2NO/c1-4-21-23(3,17-6-5-7-19(25)14-17)27-22-15(2)8-13-20(26(21)22)16-9-11-18(24)12-10-16/h5-7,9-12,14-15,20-22H,4,8,13H2,1-3H3. The maximum Gasteiger partial charge on any atom is 0.115 e. The van der Waals surface area contributed by atoms with Crippen LogP contribution in [0.15, 0.2) is 48.5 Å². The summed E-state index contributed by atoms with van der Waals surface area (Å²) < 4.78 is 6.83. The minimum Gasteiger partial charge on any atom is -0.350 e. The van der Waals surface area contributed by atoms with Crippen molar-refractivity contribution < 1.29 is 4.74 Å². The number of benzene rings is 2. The molecule has 27 heavy (non-hydrogen) atoms. The van der Waals surface area contributed by atoms with Crippen molar-refractivity contribution in [1.29, 1.82) is 0 Å². The fourth-order valence-corrected chi connectivity index (χ4v) is 5.37. The van der Waals surface area contributed by atoms with Crippen LogP contribution in [0.3, 0.4) is 0 Å². The Bertz CT molecular complexity index is 808. The van der Waals surface area contributed by atoms with Crippen LogP contribution in [0.1, 0.15) is 57.2 Å². The number of hydrogen-bond donors (Lipinski definition) is 0. The lowest BCUT2D eigenvalue weighted by molar-refractivity contribution is -0.103. The molecule has 144 valence electrons. The van der Waals surface area contributed by atoms with Gasteiger partial charge >= 0.3 is 0 Å². The van der Waals surface area contributed by atoms with Gasteiger partial charge in [0, 0.05) is 22.1 Å². The fraction of sp³-hybridized carbons (Fsp3) is 0.478. The summed E-state index contributed by atoms with van der Waals surface area (Å²) in [4.78, 5) is 2.62. The molecular weight excluding hydrogens is 377 g/mol. The monoisotopic (exact) mass is 403 g/mol. The van der Waals surface area contributed by atoms with Crippen LogP contribution >= 0.6 is 23.2 Å². The van der Waals surface area contributed by atoms with Crippen molar-refractivity contribution in [2.75, 3.05) is 0 Å². The highest BCUT2D eigenvalue weighted by molar-refractivity contribution is 6.30. The summed E-state index contributed by atoms with van der Waals surface area (Å²) in [6.45, 7) is 6.81. The molecule has 5 unspecified atom stereocenters. The Morgan fingerprint density at radius 1 is 1.07 bits per heavy atom. The van der Waals surface area contributed by atoms with Crippen molar-refractivity contribution in [3.63, 3.8) is 0 Å². The Labute approximate surface area is 172 Å². The molecule has 0 spiro atoms. The first-order valence-electron chi connectivity index (χ1n) is 9.91. The Hall–Kier alpha value is -1.06. The van der Waals surface area contributed by atoms with Gasteiger partial charge in [-0.1, -0.05) is 61.3 Å². The van der Waals surface area contributed by atoms with Crippen molar-refractivity contribution in [3.8, 4) is 0 Å². The first kappa shape index (κ1) is 19.3. The molecule has 5 atom stereocenters. The highest BCUT2D eigenvalue weighted by atomic mass is 35.5. The molecular formula is C23H27Cl2NO. The maximum absolute atomic E-state index is 6.83. The SMILES string of the molecule is CCC1N2C(c3ccc(Cl)cc3)CCC(C)C2OC1(C)c1cccc(Cl)c1. The predicted molar refractivity (Wildman–Crippen MR) is 112 cm³/mol. The zero-order chi connectivity index (χ0) is 19.2. The minimum absolute atomic E-state index is 0.119. The van der Waals surface area contributed by atoms with Crippen molar-refractivity contribution in [2.45, 2.75) is 63.9 Å². The molecule has 2 heterocycles. The summed E-state index contributed by atoms with van der Waals surface area (Å²) in [5, 5.41) is 1.55. The maximum atomic E-state index is 6.83. The zero-order valence-corrected chi connectivity index (χ0v) is 17.7. The van der Waals surface area contributed by atoms with E-state index in [1.807, 2.05) is 24.3 Å². The van der Waals surface area contributed by atoms with Crippen LogP contribution in [0.2, 0.25) is 10.0 Å². The summed E-state index contributed by atoms with van der Waals surface area (Å²) in [7, 11) is 0. The largest absolute Gasteiger partial charge is 0.350 e. The molecule has 0 bridgehead atoms. The first-order chi connectivity index (χ1) is 12.9. The van der Waals surface area contributed by atoms with E-state index in [0.29, 0.717) is 18.0 Å². The molecule has 4 rings (SSSR count). The Balaban J connectivity index is 1.76. The third-order valence-corrected chi connectivity index (χ3v) is 6.92. The van der Waals surface area contributed by atoms with E-state index < -0.39 is 0 Å². The quantitative estimate of drug-likeness (QED) is 0.557. The van der Waals surface area contributed by atoms with E-state index in [9.17, 15) is 0 Å². The number of hydrogen-bond acceptors (Lipinski definition) is 2. The average Bonchev–Trinajstić information content (AvgIpc) is 2.97. The molecule has 2 aromatic carbocycles. The van der Waals surface area contributed by atoms with Gasteiger partial charge in [0.1, 0.15) is 11.8 Å². The molecule has 2 nitrogen and oxygen atoms in total. The lowest BCUT2D eigenvalue weighted by atomic mass is 9.83. The van der Waals surface area contributed by atoms with Crippen molar-refractivity contribution in [2.24, 2.45) is 5.92 Å². The van der Waals surface area contributed by atoms with Crippen molar-refractivity contribution in [3.05, 3.63) is 69.7 Å². The summed E-state index contributed by atoms with van der Waals surface area (Å²) in [5.41, 5.74) is 2.13. The molecule has 2 fully saturated rings. The van der Waals surface area contributed by atoms with Gasteiger partial charge in [-0.15, -0.1) is 0 Å². The summed E-state index contributed by atoms with van der Waals surface area (Å²) in [6.07, 6.45) is 3.45. The highest BCUT2D eigenvalue weighted by Gasteiger charge is 2.55. The zero-order valence-electron chi connectivity index (χ0n) is 16.2. The third kappa shape index (κ3) is 3.31. The van der Waals surface area contributed by atoms with Gasteiger partial charge in [-0.05, 0) is 67.5 Å². The second-order valence-corrected chi connectivity index (χ2v) is 8.99. The number of rotatable bonds is 3. The highest BCUT2D eigenvalue weighted by Crippen LogP contribution is 2.52. The second kappa shape index (κ2) is 7.40. The van der Waals surface area contributed by atoms with Gasteiger partial charge in [0.05, 0.1) is 0 Å². The van der Waals surface area contributed by atoms with Crippen LogP contribution in [0.5, 0.6) is 0 Å². The molecule has 2 aliphatic rings. The van der Waals surface area contributed by atoms with E-state index in [0.717, 1.165) is 29.3 Å². The summed E-state index contributed by atoms with van der Waals surface area (Å²) >= 11 is 12.4. The van der Waals surface area contributed by atoms with Crippen LogP contribution in [0.4, 0.5) is 0 Å². The van der Waals surface area contributed by atoms with Gasteiger partial charge in [-0.2, -0.15) is 0 Å². The van der Waals surface area contributed by atoms with Crippen LogP contribution in [-0.2, 0) is 10.3 Å².